The normalized spacial score (nSPS) is 11.4. The number of hydrogen-bond acceptors (Lipinski definition) is 4. The Labute approximate surface area is 116 Å². The van der Waals surface area contributed by atoms with Crippen LogP contribution in [0.3, 0.4) is 0 Å². The Balaban J connectivity index is 2.29. The highest BCUT2D eigenvalue weighted by Gasteiger charge is 2.31. The van der Waals surface area contributed by atoms with Crippen molar-refractivity contribution >= 4 is 5.97 Å². The number of rotatable bonds is 4. The van der Waals surface area contributed by atoms with Gasteiger partial charge >= 0.3 is 12.3 Å². The topological polar surface area (TPSA) is 72.6 Å². The minimum Gasteiger partial charge on any atom is -0.481 e. The van der Waals surface area contributed by atoms with Crippen LogP contribution in [0.25, 0.3) is 11.3 Å². The Morgan fingerprint density at radius 1 is 1.33 bits per heavy atom. The number of carboxylic acid groups (broad SMARTS) is 1. The number of halogens is 3. The molecular formula is C13H10F3NO4. The molecule has 0 aliphatic carbocycles. The smallest absolute Gasteiger partial charge is 0.481 e. The molecule has 21 heavy (non-hydrogen) atoms. The van der Waals surface area contributed by atoms with Gasteiger partial charge in [0.15, 0.2) is 0 Å². The average molecular weight is 301 g/mol. The number of ether oxygens (including phenoxy) is 1. The van der Waals surface area contributed by atoms with E-state index in [0.717, 1.165) is 12.1 Å². The second kappa shape index (κ2) is 5.47. The summed E-state index contributed by atoms with van der Waals surface area (Å²) in [6.45, 7) is 1.57. The summed E-state index contributed by atoms with van der Waals surface area (Å²) >= 11 is 0. The molecule has 0 fully saturated rings. The standard InChI is InChI=1S/C13H10F3NO4/c1-7-10(6-11(18)19)12(17-21-7)8-2-4-9(5-3-8)20-13(14,15)16/h2-5H,6H2,1H3,(H,18,19). The Morgan fingerprint density at radius 2 is 1.95 bits per heavy atom. The van der Waals surface area contributed by atoms with E-state index < -0.39 is 12.3 Å². The SMILES string of the molecule is Cc1onc(-c2ccc(OC(F)(F)F)cc2)c1CC(=O)O. The van der Waals surface area contributed by atoms with E-state index in [0.29, 0.717) is 16.9 Å². The van der Waals surface area contributed by atoms with Crippen LogP contribution in [0.1, 0.15) is 11.3 Å². The zero-order valence-corrected chi connectivity index (χ0v) is 10.8. The third-order valence-electron chi connectivity index (χ3n) is 2.67. The van der Waals surface area contributed by atoms with E-state index in [-0.39, 0.29) is 17.9 Å². The Bertz CT molecular complexity index is 646. The minimum atomic E-state index is -4.76. The van der Waals surface area contributed by atoms with Gasteiger partial charge in [-0.15, -0.1) is 13.2 Å². The van der Waals surface area contributed by atoms with E-state index in [1.165, 1.54) is 12.1 Å². The van der Waals surface area contributed by atoms with Crippen molar-refractivity contribution in [2.75, 3.05) is 0 Å². The summed E-state index contributed by atoms with van der Waals surface area (Å²) in [7, 11) is 0. The molecule has 1 aromatic carbocycles. The van der Waals surface area contributed by atoms with E-state index in [1.54, 1.807) is 6.92 Å². The van der Waals surface area contributed by atoms with Crippen molar-refractivity contribution in [2.24, 2.45) is 0 Å². The second-order valence-electron chi connectivity index (χ2n) is 4.21. The number of nitrogens with zero attached hydrogens (tertiary/aromatic N) is 1. The van der Waals surface area contributed by atoms with Gasteiger partial charge in [0, 0.05) is 11.1 Å². The third kappa shape index (κ3) is 3.74. The maximum atomic E-state index is 12.1. The Morgan fingerprint density at radius 3 is 2.48 bits per heavy atom. The molecule has 0 atom stereocenters. The van der Waals surface area contributed by atoms with Gasteiger partial charge in [-0.05, 0) is 31.2 Å². The van der Waals surface area contributed by atoms with Gasteiger partial charge in [0.1, 0.15) is 17.2 Å². The van der Waals surface area contributed by atoms with Crippen molar-refractivity contribution in [3.63, 3.8) is 0 Å². The number of alkyl halides is 3. The molecule has 2 rings (SSSR count). The fraction of sp³-hybridized carbons (Fsp3) is 0.231. The number of carboxylic acids is 1. The van der Waals surface area contributed by atoms with Crippen LogP contribution in [0.15, 0.2) is 28.8 Å². The summed E-state index contributed by atoms with van der Waals surface area (Å²) in [5.74, 6) is -1.08. The summed E-state index contributed by atoms with van der Waals surface area (Å²) in [6, 6.07) is 4.95. The first-order chi connectivity index (χ1) is 9.76. The molecule has 0 aliphatic heterocycles. The summed E-state index contributed by atoms with van der Waals surface area (Å²) < 4.78 is 44.9. The zero-order chi connectivity index (χ0) is 15.6. The third-order valence-corrected chi connectivity index (χ3v) is 2.67. The number of hydrogen-bond donors (Lipinski definition) is 1. The predicted octanol–water partition coefficient (Wildman–Crippen LogP) is 3.18. The molecule has 0 aliphatic rings. The number of benzene rings is 1. The van der Waals surface area contributed by atoms with E-state index in [4.69, 9.17) is 9.63 Å². The quantitative estimate of drug-likeness (QED) is 0.939. The van der Waals surface area contributed by atoms with Crippen LogP contribution in [0.5, 0.6) is 5.75 Å². The lowest BCUT2D eigenvalue weighted by atomic mass is 10.0. The second-order valence-corrected chi connectivity index (χ2v) is 4.21. The van der Waals surface area contributed by atoms with Crippen molar-refractivity contribution in [1.29, 1.82) is 0 Å². The molecule has 0 saturated carbocycles. The molecule has 0 radical (unpaired) electrons. The molecule has 0 spiro atoms. The molecule has 0 saturated heterocycles. The van der Waals surface area contributed by atoms with Crippen molar-refractivity contribution in [3.8, 4) is 17.0 Å². The van der Waals surface area contributed by atoms with Crippen molar-refractivity contribution < 1.29 is 32.3 Å². The van der Waals surface area contributed by atoms with Crippen LogP contribution in [0.4, 0.5) is 13.2 Å². The van der Waals surface area contributed by atoms with Gasteiger partial charge in [-0.2, -0.15) is 0 Å². The molecule has 1 N–H and O–H groups in total. The summed E-state index contributed by atoms with van der Waals surface area (Å²) in [5, 5.41) is 12.6. The Hall–Kier alpha value is -2.51. The molecule has 0 bridgehead atoms. The van der Waals surface area contributed by atoms with Crippen LogP contribution >= 0.6 is 0 Å². The molecule has 112 valence electrons. The number of aromatic nitrogens is 1. The van der Waals surface area contributed by atoms with Crippen molar-refractivity contribution in [1.82, 2.24) is 5.16 Å². The lowest BCUT2D eigenvalue weighted by Crippen LogP contribution is -2.16. The van der Waals surface area contributed by atoms with E-state index >= 15 is 0 Å². The van der Waals surface area contributed by atoms with Gasteiger partial charge in [0.25, 0.3) is 0 Å². The van der Waals surface area contributed by atoms with Crippen molar-refractivity contribution in [2.45, 2.75) is 19.7 Å². The van der Waals surface area contributed by atoms with Gasteiger partial charge in [0.05, 0.1) is 6.42 Å². The number of carbonyl (C=O) groups is 1. The fourth-order valence-electron chi connectivity index (χ4n) is 1.79. The molecular weight excluding hydrogens is 291 g/mol. The first-order valence-electron chi connectivity index (χ1n) is 5.79. The minimum absolute atomic E-state index is 0.286. The molecule has 2 aromatic rings. The van der Waals surface area contributed by atoms with Gasteiger partial charge in [0.2, 0.25) is 0 Å². The highest BCUT2D eigenvalue weighted by molar-refractivity contribution is 5.75. The average Bonchev–Trinajstić information content (AvgIpc) is 2.70. The number of aliphatic carboxylic acids is 1. The Kier molecular flexibility index (Phi) is 3.88. The largest absolute Gasteiger partial charge is 0.573 e. The molecule has 1 aromatic heterocycles. The van der Waals surface area contributed by atoms with Crippen molar-refractivity contribution in [3.05, 3.63) is 35.6 Å². The maximum Gasteiger partial charge on any atom is 0.573 e. The monoisotopic (exact) mass is 301 g/mol. The molecule has 0 unspecified atom stereocenters. The maximum absolute atomic E-state index is 12.1. The van der Waals surface area contributed by atoms with E-state index in [1.807, 2.05) is 0 Å². The summed E-state index contributed by atoms with van der Waals surface area (Å²) in [4.78, 5) is 10.8. The van der Waals surface area contributed by atoms with Crippen LogP contribution in [0, 0.1) is 6.92 Å². The lowest BCUT2D eigenvalue weighted by molar-refractivity contribution is -0.274. The lowest BCUT2D eigenvalue weighted by Gasteiger charge is -2.08. The molecule has 5 nitrogen and oxygen atoms in total. The van der Waals surface area contributed by atoms with E-state index in [2.05, 4.69) is 9.89 Å². The number of aryl methyl sites for hydroxylation is 1. The highest BCUT2D eigenvalue weighted by atomic mass is 19.4. The molecule has 8 heteroatoms. The summed E-state index contributed by atoms with van der Waals surface area (Å²) in [5.41, 5.74) is 1.11. The zero-order valence-electron chi connectivity index (χ0n) is 10.8. The predicted molar refractivity (Wildman–Crippen MR) is 64.7 cm³/mol. The van der Waals surface area contributed by atoms with Gasteiger partial charge in [-0.25, -0.2) is 0 Å². The van der Waals surface area contributed by atoms with Gasteiger partial charge < -0.3 is 14.4 Å². The first-order valence-corrected chi connectivity index (χ1v) is 5.79. The fourth-order valence-corrected chi connectivity index (χ4v) is 1.79. The van der Waals surface area contributed by atoms with Crippen LogP contribution in [-0.4, -0.2) is 22.6 Å². The summed E-state index contributed by atoms with van der Waals surface area (Å²) in [6.07, 6.45) is -5.05. The molecule has 0 amide bonds. The van der Waals surface area contributed by atoms with Gasteiger partial charge in [-0.3, -0.25) is 4.79 Å². The highest BCUT2D eigenvalue weighted by Crippen LogP contribution is 2.29. The van der Waals surface area contributed by atoms with Crippen LogP contribution < -0.4 is 4.74 Å². The van der Waals surface area contributed by atoms with Crippen LogP contribution in [0.2, 0.25) is 0 Å². The molecule has 1 heterocycles. The van der Waals surface area contributed by atoms with Crippen LogP contribution in [-0.2, 0) is 11.2 Å². The van der Waals surface area contributed by atoms with Gasteiger partial charge in [-0.1, -0.05) is 5.16 Å². The van der Waals surface area contributed by atoms with E-state index in [9.17, 15) is 18.0 Å². The first kappa shape index (κ1) is 14.9.